The first-order valence-corrected chi connectivity index (χ1v) is 13.1. The maximum Gasteiger partial charge on any atom is 1.00 e. The zero-order valence-electron chi connectivity index (χ0n) is 22.7. The summed E-state index contributed by atoms with van der Waals surface area (Å²) in [7, 11) is 0. The van der Waals surface area contributed by atoms with Gasteiger partial charge in [-0.25, -0.2) is 4.98 Å². The fourth-order valence-electron chi connectivity index (χ4n) is 5.25. The van der Waals surface area contributed by atoms with Crippen LogP contribution in [0.2, 0.25) is 0 Å². The second-order valence-corrected chi connectivity index (χ2v) is 10.2. The monoisotopic (exact) mass is 624 g/mol. The zero-order valence-corrected chi connectivity index (χ0v) is 29.0. The molecule has 0 radical (unpaired) electrons. The fourth-order valence-corrected chi connectivity index (χ4v) is 5.25. The van der Waals surface area contributed by atoms with E-state index in [1.54, 1.807) is 16.9 Å². The van der Waals surface area contributed by atoms with Crippen LogP contribution in [0.4, 0.5) is 0 Å². The summed E-state index contributed by atoms with van der Waals surface area (Å²) in [6.45, 7) is 5.65. The van der Waals surface area contributed by atoms with Crippen LogP contribution >= 0.6 is 0 Å². The van der Waals surface area contributed by atoms with Crippen LogP contribution in [0.5, 0.6) is 0 Å². The third kappa shape index (κ3) is 7.73. The van der Waals surface area contributed by atoms with E-state index in [0.29, 0.717) is 30.0 Å². The van der Waals surface area contributed by atoms with Gasteiger partial charge in [-0.2, -0.15) is 5.10 Å². The summed E-state index contributed by atoms with van der Waals surface area (Å²) < 4.78 is 1.75. The van der Waals surface area contributed by atoms with Crippen LogP contribution < -0.4 is 79.5 Å². The number of H-pyrrole nitrogens is 1. The van der Waals surface area contributed by atoms with E-state index in [9.17, 15) is 9.59 Å². The van der Waals surface area contributed by atoms with Gasteiger partial charge in [0.2, 0.25) is 5.91 Å². The van der Waals surface area contributed by atoms with Crippen LogP contribution in [0.15, 0.2) is 30.5 Å². The molecule has 1 saturated heterocycles. The van der Waals surface area contributed by atoms with Gasteiger partial charge in [0.25, 0.3) is 5.91 Å². The smallest absolute Gasteiger partial charge is 0.358 e. The molecule has 37 heavy (non-hydrogen) atoms. The number of nitrogens with one attached hydrogen (secondary N) is 3. The molecule has 0 spiro atoms. The van der Waals surface area contributed by atoms with Crippen molar-refractivity contribution in [2.75, 3.05) is 6.54 Å². The summed E-state index contributed by atoms with van der Waals surface area (Å²) in [6, 6.07) is 7.97. The van der Waals surface area contributed by atoms with Gasteiger partial charge in [0.1, 0.15) is 11.5 Å². The third-order valence-electron chi connectivity index (χ3n) is 7.36. The molecule has 2 aliphatic carbocycles. The Balaban J connectivity index is 0.000000369. The molecule has 2 aromatic heterocycles. The first kappa shape index (κ1) is 30.4. The second kappa shape index (κ2) is 13.8. The average Bonchev–Trinajstić information content (AvgIpc) is 3.78. The van der Waals surface area contributed by atoms with E-state index in [0.717, 1.165) is 42.7 Å². The first-order valence-electron chi connectivity index (χ1n) is 13.1. The molecule has 1 unspecified atom stereocenters. The van der Waals surface area contributed by atoms with Crippen molar-refractivity contribution in [2.24, 2.45) is 17.8 Å². The van der Waals surface area contributed by atoms with Gasteiger partial charge in [-0.15, -0.1) is 0 Å². The van der Waals surface area contributed by atoms with Gasteiger partial charge in [0.05, 0.1) is 17.1 Å². The summed E-state index contributed by atoms with van der Waals surface area (Å²) >= 11 is 0. The van der Waals surface area contributed by atoms with E-state index < -0.39 is 0 Å². The quantitative estimate of drug-likeness (QED) is 0.349. The Labute approximate surface area is 278 Å². The van der Waals surface area contributed by atoms with E-state index in [4.69, 9.17) is 4.98 Å². The van der Waals surface area contributed by atoms with Crippen LogP contribution in [-0.2, 0) is 11.3 Å². The number of hydrogen-bond acceptors (Lipinski definition) is 4. The van der Waals surface area contributed by atoms with Crippen molar-refractivity contribution in [3.8, 4) is 0 Å². The van der Waals surface area contributed by atoms with Crippen molar-refractivity contribution in [3.05, 3.63) is 55.0 Å². The predicted octanol–water partition coefficient (Wildman–Crippen LogP) is 1.74. The largest absolute Gasteiger partial charge is 1.00 e. The molecule has 1 aliphatic heterocycles. The summed E-state index contributed by atoms with van der Waals surface area (Å²) in [5, 5.41) is 10.3. The van der Waals surface area contributed by atoms with Crippen LogP contribution in [0.1, 0.15) is 79.8 Å². The molecule has 2 amide bonds. The molecular formula is C28H39CsN6O2. The van der Waals surface area contributed by atoms with Crippen LogP contribution in [0.25, 0.3) is 11.0 Å². The minimum atomic E-state index is -0.0830. The molecule has 1 atom stereocenters. The molecular weight excluding hydrogens is 585 g/mol. The molecule has 3 aliphatic rings. The van der Waals surface area contributed by atoms with Gasteiger partial charge >= 0.3 is 68.9 Å². The van der Waals surface area contributed by atoms with Gasteiger partial charge in [-0.1, -0.05) is 6.07 Å². The van der Waals surface area contributed by atoms with Crippen LogP contribution in [0.3, 0.4) is 0 Å². The van der Waals surface area contributed by atoms with E-state index >= 15 is 0 Å². The predicted molar refractivity (Wildman–Crippen MR) is 141 cm³/mol. The molecule has 2 saturated carbocycles. The molecule has 3 fully saturated rings. The summed E-state index contributed by atoms with van der Waals surface area (Å²) in [4.78, 5) is 31.9. The Kier molecular flexibility index (Phi) is 11.4. The van der Waals surface area contributed by atoms with Gasteiger partial charge in [0.15, 0.2) is 0 Å². The van der Waals surface area contributed by atoms with Crippen molar-refractivity contribution < 1.29 is 78.5 Å². The number of hydrogen-bond donors (Lipinski definition) is 3. The van der Waals surface area contributed by atoms with Crippen molar-refractivity contribution in [2.45, 2.75) is 71.4 Å². The summed E-state index contributed by atoms with van der Waals surface area (Å²) in [6.07, 6.45) is 9.72. The summed E-state index contributed by atoms with van der Waals surface area (Å²) in [5.74, 6) is 2.90. The molecule has 9 heteroatoms. The molecule has 3 N–H and O–H groups in total. The second-order valence-electron chi connectivity index (χ2n) is 10.2. The number of aromatic amines is 1. The molecule has 3 heterocycles. The summed E-state index contributed by atoms with van der Waals surface area (Å²) in [5.41, 5.74) is 3.82. The first-order chi connectivity index (χ1) is 17.0. The number of benzene rings is 1. The number of fused-ring (bicyclic) bond motifs is 1. The maximum absolute atomic E-state index is 13.1. The maximum atomic E-state index is 13.1. The molecule has 3 aromatic rings. The third-order valence-corrected chi connectivity index (χ3v) is 7.36. The Hall–Kier alpha value is -1.11. The standard InChI is InChI=1S/C22H27N5O.C5H9NO.CH3.Cs/c1-3-27-18(10-11-23-27)22(28)26-20(19(14-5-6-14)15-7-8-15)21-24-16-9-4-13(2)12-17(16)25-21;7-5-3-1-2-4-6-5;;/h4,9-12,14-15,19-20H,3,5-8H2,1-2H3,(H,24,25)(H,26,28);1-4H2,(H,6,7);1H3;/q;;-1;+1. The van der Waals surface area contributed by atoms with Gasteiger partial charge in [0, 0.05) is 25.7 Å². The molecule has 0 bridgehead atoms. The van der Waals surface area contributed by atoms with Gasteiger partial charge in [-0.3, -0.25) is 14.3 Å². The topological polar surface area (TPSA) is 105 Å². The number of rotatable bonds is 7. The van der Waals surface area contributed by atoms with Crippen molar-refractivity contribution in [3.63, 3.8) is 0 Å². The van der Waals surface area contributed by atoms with Crippen LogP contribution in [0, 0.1) is 32.1 Å². The molecule has 8 nitrogen and oxygen atoms in total. The Bertz CT molecular complexity index is 1180. The minimum Gasteiger partial charge on any atom is -0.358 e. The number of piperidine rings is 1. The normalized spacial score (nSPS) is 17.6. The number of aryl methyl sites for hydroxylation is 2. The molecule has 1 aromatic carbocycles. The Morgan fingerprint density at radius 3 is 2.46 bits per heavy atom. The van der Waals surface area contributed by atoms with Crippen molar-refractivity contribution in [1.82, 2.24) is 30.4 Å². The number of nitrogens with zero attached hydrogens (tertiary/aromatic N) is 3. The zero-order chi connectivity index (χ0) is 24.4. The Morgan fingerprint density at radius 1 is 1.16 bits per heavy atom. The van der Waals surface area contributed by atoms with E-state index in [2.05, 4.69) is 45.8 Å². The fraction of sp³-hybridized carbons (Fsp3) is 0.536. The number of aromatic nitrogens is 4. The van der Waals surface area contributed by atoms with E-state index in [1.165, 1.54) is 31.2 Å². The van der Waals surface area contributed by atoms with E-state index in [-0.39, 0.29) is 94.2 Å². The minimum absolute atomic E-state index is 0. The SMILES string of the molecule is CCn1nccc1C(=O)NC(c1nc2ccc(C)cc2[nH]1)C(C1CC1)C1CC1.O=C1CCCCN1.[CH3-].[Cs+]. The molecule has 6 rings (SSSR count). The van der Waals surface area contributed by atoms with E-state index in [1.807, 2.05) is 6.92 Å². The Morgan fingerprint density at radius 2 is 1.89 bits per heavy atom. The molecule has 194 valence electrons. The number of imidazole rings is 1. The van der Waals surface area contributed by atoms with Gasteiger partial charge in [-0.05, 0) is 93.9 Å². The van der Waals surface area contributed by atoms with Crippen LogP contribution in [-0.4, -0.2) is 38.1 Å². The van der Waals surface area contributed by atoms with Crippen molar-refractivity contribution >= 4 is 22.8 Å². The van der Waals surface area contributed by atoms with Crippen molar-refractivity contribution in [1.29, 1.82) is 0 Å². The number of carbonyl (C=O) groups is 2. The average molecular weight is 625 g/mol. The number of carbonyl (C=O) groups excluding carboxylic acids is 2. The van der Waals surface area contributed by atoms with Gasteiger partial charge < -0.3 is 23.0 Å². The number of amides is 2.